The predicted octanol–water partition coefficient (Wildman–Crippen LogP) is 2.85. The van der Waals surface area contributed by atoms with Crippen LogP contribution in [-0.2, 0) is 13.1 Å². The highest BCUT2D eigenvalue weighted by atomic mass is 16.5. The molecule has 1 aliphatic rings. The number of aromatic nitrogens is 3. The van der Waals surface area contributed by atoms with Gasteiger partial charge in [0, 0.05) is 24.5 Å². The highest BCUT2D eigenvalue weighted by Crippen LogP contribution is 2.38. The number of aromatic hydroxyl groups is 1. The lowest BCUT2D eigenvalue weighted by atomic mass is 10.0. The van der Waals surface area contributed by atoms with E-state index in [1.165, 1.54) is 14.2 Å². The molecule has 8 heteroatoms. The average Bonchev–Trinajstić information content (AvgIpc) is 3.31. The zero-order chi connectivity index (χ0) is 19.8. The van der Waals surface area contributed by atoms with E-state index < -0.39 is 0 Å². The third-order valence-corrected chi connectivity index (χ3v) is 4.81. The van der Waals surface area contributed by atoms with Gasteiger partial charge in [-0.15, -0.1) is 0 Å². The van der Waals surface area contributed by atoms with Crippen LogP contribution in [-0.4, -0.2) is 40.0 Å². The Morgan fingerprint density at radius 1 is 1.14 bits per heavy atom. The molecule has 1 N–H and O–H groups in total. The van der Waals surface area contributed by atoms with Gasteiger partial charge in [0.2, 0.25) is 0 Å². The van der Waals surface area contributed by atoms with Crippen molar-refractivity contribution in [1.29, 1.82) is 0 Å². The standard InChI is InChI=1S/C20H20N4O4/c1-4-23-11-15(9-22-23)24-10-14-5-12(6-16(25)18(14)20(24)26)13-7-17(27-2)19(28-3)21-8-13/h5-9,11,25H,4,10H2,1-3H3. The van der Waals surface area contributed by atoms with Gasteiger partial charge in [0.1, 0.15) is 5.75 Å². The normalized spacial score (nSPS) is 13.0. The minimum Gasteiger partial charge on any atom is -0.507 e. The van der Waals surface area contributed by atoms with E-state index in [4.69, 9.17) is 9.47 Å². The van der Waals surface area contributed by atoms with Crippen molar-refractivity contribution in [2.75, 3.05) is 19.1 Å². The number of anilines is 1. The van der Waals surface area contributed by atoms with E-state index in [2.05, 4.69) is 10.1 Å². The summed E-state index contributed by atoms with van der Waals surface area (Å²) in [6.07, 6.45) is 5.12. The number of aryl methyl sites for hydroxylation is 1. The largest absolute Gasteiger partial charge is 0.507 e. The van der Waals surface area contributed by atoms with Crippen molar-refractivity contribution in [3.8, 4) is 28.5 Å². The fraction of sp³-hybridized carbons (Fsp3) is 0.250. The molecule has 4 rings (SSSR count). The Kier molecular flexibility index (Phi) is 4.38. The molecule has 0 aliphatic carbocycles. The van der Waals surface area contributed by atoms with Gasteiger partial charge < -0.3 is 19.5 Å². The summed E-state index contributed by atoms with van der Waals surface area (Å²) in [6.45, 7) is 3.06. The van der Waals surface area contributed by atoms with E-state index in [1.807, 2.05) is 19.2 Å². The molecule has 0 saturated carbocycles. The third-order valence-electron chi connectivity index (χ3n) is 4.81. The van der Waals surface area contributed by atoms with E-state index in [0.717, 1.165) is 23.2 Å². The number of phenols is 1. The van der Waals surface area contributed by atoms with Gasteiger partial charge in [0.15, 0.2) is 5.75 Å². The first kappa shape index (κ1) is 17.8. The van der Waals surface area contributed by atoms with E-state index in [1.54, 1.807) is 34.1 Å². The lowest BCUT2D eigenvalue weighted by molar-refractivity contribution is 0.0994. The number of pyridine rings is 1. The van der Waals surface area contributed by atoms with E-state index in [0.29, 0.717) is 29.4 Å². The molecule has 144 valence electrons. The van der Waals surface area contributed by atoms with Crippen molar-refractivity contribution in [3.05, 3.63) is 47.9 Å². The van der Waals surface area contributed by atoms with Crippen molar-refractivity contribution in [2.24, 2.45) is 0 Å². The first-order chi connectivity index (χ1) is 13.5. The number of ether oxygens (including phenoxy) is 2. The van der Waals surface area contributed by atoms with Gasteiger partial charge in [0.25, 0.3) is 11.8 Å². The molecule has 1 amide bonds. The molecule has 8 nitrogen and oxygen atoms in total. The first-order valence-electron chi connectivity index (χ1n) is 8.84. The molecule has 0 unspecified atom stereocenters. The van der Waals surface area contributed by atoms with Crippen LogP contribution in [0.15, 0.2) is 36.8 Å². The maximum absolute atomic E-state index is 12.8. The number of hydrogen-bond acceptors (Lipinski definition) is 6. The number of nitrogens with zero attached hydrogens (tertiary/aromatic N) is 4. The van der Waals surface area contributed by atoms with Crippen LogP contribution in [0.25, 0.3) is 11.1 Å². The number of hydrogen-bond donors (Lipinski definition) is 1. The summed E-state index contributed by atoms with van der Waals surface area (Å²) >= 11 is 0. The lowest BCUT2D eigenvalue weighted by Crippen LogP contribution is -2.22. The Morgan fingerprint density at radius 2 is 1.96 bits per heavy atom. The van der Waals surface area contributed by atoms with Gasteiger partial charge in [-0.25, -0.2) is 4.98 Å². The van der Waals surface area contributed by atoms with Crippen LogP contribution >= 0.6 is 0 Å². The summed E-state index contributed by atoms with van der Waals surface area (Å²) in [5, 5.41) is 14.8. The van der Waals surface area contributed by atoms with Gasteiger partial charge >= 0.3 is 0 Å². The van der Waals surface area contributed by atoms with Crippen LogP contribution < -0.4 is 14.4 Å². The number of benzene rings is 1. The number of fused-ring (bicyclic) bond motifs is 1. The number of carbonyl (C=O) groups excluding carboxylic acids is 1. The Balaban J connectivity index is 1.72. The molecule has 0 fully saturated rings. The van der Waals surface area contributed by atoms with Crippen LogP contribution in [0, 0.1) is 0 Å². The summed E-state index contributed by atoms with van der Waals surface area (Å²) in [6, 6.07) is 5.24. The highest BCUT2D eigenvalue weighted by molar-refractivity contribution is 6.12. The Labute approximate surface area is 161 Å². The zero-order valence-electron chi connectivity index (χ0n) is 15.8. The summed E-state index contributed by atoms with van der Waals surface area (Å²) in [4.78, 5) is 18.7. The molecular weight excluding hydrogens is 360 g/mol. The maximum atomic E-state index is 12.8. The molecule has 1 aliphatic heterocycles. The van der Waals surface area contributed by atoms with Crippen molar-refractivity contribution in [2.45, 2.75) is 20.0 Å². The lowest BCUT2D eigenvalue weighted by Gasteiger charge is -2.12. The highest BCUT2D eigenvalue weighted by Gasteiger charge is 2.32. The minimum atomic E-state index is -0.236. The van der Waals surface area contributed by atoms with Crippen molar-refractivity contribution < 1.29 is 19.4 Å². The summed E-state index contributed by atoms with van der Waals surface area (Å²) in [7, 11) is 3.06. The smallest absolute Gasteiger partial charge is 0.262 e. The summed E-state index contributed by atoms with van der Waals surface area (Å²) in [5.41, 5.74) is 3.27. The first-order valence-corrected chi connectivity index (χ1v) is 8.84. The van der Waals surface area contributed by atoms with Gasteiger partial charge in [-0.3, -0.25) is 9.48 Å². The Morgan fingerprint density at radius 3 is 2.64 bits per heavy atom. The maximum Gasteiger partial charge on any atom is 0.262 e. The molecule has 0 radical (unpaired) electrons. The second-order valence-electron chi connectivity index (χ2n) is 6.41. The predicted molar refractivity (Wildman–Crippen MR) is 103 cm³/mol. The van der Waals surface area contributed by atoms with Crippen molar-refractivity contribution >= 4 is 11.6 Å². The Hall–Kier alpha value is -3.55. The van der Waals surface area contributed by atoms with E-state index >= 15 is 0 Å². The number of methoxy groups -OCH3 is 2. The van der Waals surface area contributed by atoms with Gasteiger partial charge in [-0.1, -0.05) is 0 Å². The van der Waals surface area contributed by atoms with Crippen LogP contribution in [0.3, 0.4) is 0 Å². The number of carbonyl (C=O) groups is 1. The van der Waals surface area contributed by atoms with Crippen LogP contribution in [0.1, 0.15) is 22.8 Å². The topological polar surface area (TPSA) is 89.7 Å². The molecule has 3 heterocycles. The fourth-order valence-electron chi connectivity index (χ4n) is 3.36. The van der Waals surface area contributed by atoms with Crippen LogP contribution in [0.2, 0.25) is 0 Å². The SMILES string of the molecule is CCn1cc(N2Cc3cc(-c4cnc(OC)c(OC)c4)cc(O)c3C2=O)cn1. The molecule has 0 saturated heterocycles. The van der Waals surface area contributed by atoms with Crippen LogP contribution in [0.4, 0.5) is 5.69 Å². The number of phenolic OH excluding ortho intramolecular Hbond substituents is 1. The third kappa shape index (κ3) is 2.83. The molecule has 2 aromatic heterocycles. The summed E-state index contributed by atoms with van der Waals surface area (Å²) in [5.74, 6) is 0.577. The Bertz CT molecular complexity index is 1060. The number of rotatable bonds is 5. The molecule has 0 bridgehead atoms. The molecule has 3 aromatic rings. The van der Waals surface area contributed by atoms with Gasteiger partial charge in [-0.05, 0) is 36.2 Å². The van der Waals surface area contributed by atoms with Crippen molar-refractivity contribution in [3.63, 3.8) is 0 Å². The monoisotopic (exact) mass is 380 g/mol. The van der Waals surface area contributed by atoms with Gasteiger partial charge in [-0.2, -0.15) is 5.10 Å². The molecule has 28 heavy (non-hydrogen) atoms. The van der Waals surface area contributed by atoms with Gasteiger partial charge in [0.05, 0.1) is 38.2 Å². The summed E-state index contributed by atoms with van der Waals surface area (Å²) < 4.78 is 12.2. The molecule has 0 atom stereocenters. The number of amides is 1. The second kappa shape index (κ2) is 6.88. The molecule has 1 aromatic carbocycles. The quantitative estimate of drug-likeness (QED) is 0.732. The zero-order valence-corrected chi connectivity index (χ0v) is 15.8. The van der Waals surface area contributed by atoms with E-state index in [-0.39, 0.29) is 11.7 Å². The van der Waals surface area contributed by atoms with E-state index in [9.17, 15) is 9.90 Å². The molecular formula is C20H20N4O4. The van der Waals surface area contributed by atoms with Crippen molar-refractivity contribution in [1.82, 2.24) is 14.8 Å². The minimum absolute atomic E-state index is 0.0577. The fourth-order valence-corrected chi connectivity index (χ4v) is 3.36. The average molecular weight is 380 g/mol. The van der Waals surface area contributed by atoms with Crippen LogP contribution in [0.5, 0.6) is 17.4 Å². The molecule has 0 spiro atoms. The second-order valence-corrected chi connectivity index (χ2v) is 6.41.